The highest BCUT2D eigenvalue weighted by molar-refractivity contribution is 7.91. The molecule has 1 aromatic rings. The van der Waals surface area contributed by atoms with Gasteiger partial charge in [0.2, 0.25) is 10.0 Å². The number of carbonyl (C=O) groups excluding carboxylic acids is 2. The fourth-order valence-corrected chi connectivity index (χ4v) is 5.65. The average Bonchev–Trinajstić information content (AvgIpc) is 3.18. The first-order chi connectivity index (χ1) is 12.9. The van der Waals surface area contributed by atoms with Crippen molar-refractivity contribution in [3.8, 4) is 0 Å². The number of amides is 1. The van der Waals surface area contributed by atoms with Gasteiger partial charge >= 0.3 is 5.97 Å². The summed E-state index contributed by atoms with van der Waals surface area (Å²) < 4.78 is 55.8. The SMILES string of the molecule is CCN(C(=O)C(C)OC(=O)c1cc(S(=O)(=O)NC)cn1C)C1CCS(=O)(=O)C1. The van der Waals surface area contributed by atoms with Gasteiger partial charge in [0.15, 0.2) is 15.9 Å². The van der Waals surface area contributed by atoms with Crippen molar-refractivity contribution in [1.82, 2.24) is 14.2 Å². The number of ether oxygens (including phenoxy) is 1. The number of aryl methyl sites for hydroxylation is 1. The Balaban J connectivity index is 2.12. The van der Waals surface area contributed by atoms with Crippen LogP contribution in [0.3, 0.4) is 0 Å². The minimum atomic E-state index is -3.73. The van der Waals surface area contributed by atoms with Crippen molar-refractivity contribution in [2.75, 3.05) is 25.1 Å². The summed E-state index contributed by atoms with van der Waals surface area (Å²) in [5.41, 5.74) is -0.0278. The Hall–Kier alpha value is -1.92. The van der Waals surface area contributed by atoms with Crippen LogP contribution >= 0.6 is 0 Å². The second-order valence-corrected chi connectivity index (χ2v) is 10.7. The zero-order valence-corrected chi connectivity index (χ0v) is 17.8. The molecular weight excluding hydrogens is 410 g/mol. The van der Waals surface area contributed by atoms with E-state index in [0.29, 0.717) is 6.42 Å². The molecule has 0 aromatic carbocycles. The Morgan fingerprint density at radius 1 is 1.43 bits per heavy atom. The molecule has 0 radical (unpaired) electrons. The summed E-state index contributed by atoms with van der Waals surface area (Å²) in [6.45, 7) is 3.42. The molecule has 10 nitrogen and oxygen atoms in total. The fourth-order valence-electron chi connectivity index (χ4n) is 3.12. The van der Waals surface area contributed by atoms with Crippen LogP contribution in [0.1, 0.15) is 30.8 Å². The molecule has 1 N–H and O–H groups in total. The highest BCUT2D eigenvalue weighted by Crippen LogP contribution is 2.20. The van der Waals surface area contributed by atoms with Crippen molar-refractivity contribution in [3.05, 3.63) is 18.0 Å². The Labute approximate surface area is 164 Å². The van der Waals surface area contributed by atoms with Gasteiger partial charge in [-0.15, -0.1) is 0 Å². The van der Waals surface area contributed by atoms with Gasteiger partial charge in [0.05, 0.1) is 11.5 Å². The second-order valence-electron chi connectivity index (χ2n) is 6.61. The molecule has 2 heterocycles. The number of likely N-dealkylation sites (N-methyl/N-ethyl adjacent to an activating group) is 1. The molecule has 1 fully saturated rings. The molecule has 0 spiro atoms. The number of hydrogen-bond donors (Lipinski definition) is 1. The number of nitrogens with zero attached hydrogens (tertiary/aromatic N) is 2. The fraction of sp³-hybridized carbons (Fsp3) is 0.625. The van der Waals surface area contributed by atoms with Gasteiger partial charge in [0.25, 0.3) is 5.91 Å². The van der Waals surface area contributed by atoms with Crippen LogP contribution < -0.4 is 4.72 Å². The number of carbonyl (C=O) groups is 2. The molecule has 28 heavy (non-hydrogen) atoms. The van der Waals surface area contributed by atoms with Gasteiger partial charge in [-0.1, -0.05) is 0 Å². The summed E-state index contributed by atoms with van der Waals surface area (Å²) in [7, 11) is -4.15. The number of sulfone groups is 1. The molecule has 0 saturated carbocycles. The minimum Gasteiger partial charge on any atom is -0.448 e. The van der Waals surface area contributed by atoms with E-state index in [1.165, 1.54) is 36.7 Å². The van der Waals surface area contributed by atoms with Crippen LogP contribution in [0.5, 0.6) is 0 Å². The lowest BCUT2D eigenvalue weighted by Crippen LogP contribution is -2.46. The van der Waals surface area contributed by atoms with Gasteiger partial charge in [0, 0.05) is 25.8 Å². The molecule has 12 heteroatoms. The molecule has 1 aromatic heterocycles. The maximum Gasteiger partial charge on any atom is 0.355 e. The molecule has 1 saturated heterocycles. The van der Waals surface area contributed by atoms with Crippen molar-refractivity contribution >= 4 is 31.7 Å². The Morgan fingerprint density at radius 3 is 2.57 bits per heavy atom. The van der Waals surface area contributed by atoms with Crippen molar-refractivity contribution in [3.63, 3.8) is 0 Å². The Bertz CT molecular complexity index is 966. The molecule has 158 valence electrons. The van der Waals surface area contributed by atoms with Crippen LogP contribution in [-0.2, 0) is 36.4 Å². The summed E-state index contributed by atoms with van der Waals surface area (Å²) in [4.78, 5) is 26.4. The number of nitrogens with one attached hydrogen (secondary N) is 1. The number of esters is 1. The van der Waals surface area contributed by atoms with Gasteiger partial charge in [-0.25, -0.2) is 26.4 Å². The van der Waals surface area contributed by atoms with E-state index in [2.05, 4.69) is 4.72 Å². The predicted octanol–water partition coefficient (Wildman–Crippen LogP) is -0.486. The molecule has 1 aliphatic rings. The normalized spacial score (nSPS) is 19.9. The zero-order valence-electron chi connectivity index (χ0n) is 16.2. The summed E-state index contributed by atoms with van der Waals surface area (Å²) >= 11 is 0. The van der Waals surface area contributed by atoms with Crippen molar-refractivity contribution < 1.29 is 31.2 Å². The van der Waals surface area contributed by atoms with Crippen molar-refractivity contribution in [2.24, 2.45) is 7.05 Å². The van der Waals surface area contributed by atoms with E-state index in [-0.39, 0.29) is 28.6 Å². The molecule has 0 aliphatic carbocycles. The summed E-state index contributed by atoms with van der Waals surface area (Å²) in [5.74, 6) is -1.41. The Morgan fingerprint density at radius 2 is 2.07 bits per heavy atom. The average molecular weight is 436 g/mol. The van der Waals surface area contributed by atoms with Gasteiger partial charge < -0.3 is 14.2 Å². The smallest absolute Gasteiger partial charge is 0.355 e. The van der Waals surface area contributed by atoms with Crippen LogP contribution in [0.15, 0.2) is 17.2 Å². The lowest BCUT2D eigenvalue weighted by molar-refractivity contribution is -0.141. The third-order valence-electron chi connectivity index (χ3n) is 4.67. The lowest BCUT2D eigenvalue weighted by Gasteiger charge is -2.29. The minimum absolute atomic E-state index is 0.0278. The number of hydrogen-bond acceptors (Lipinski definition) is 7. The van der Waals surface area contributed by atoms with E-state index in [4.69, 9.17) is 4.74 Å². The second kappa shape index (κ2) is 8.21. The van der Waals surface area contributed by atoms with Crippen molar-refractivity contribution in [2.45, 2.75) is 37.3 Å². The zero-order chi connectivity index (χ0) is 21.3. The van der Waals surface area contributed by atoms with Crippen LogP contribution in [0.2, 0.25) is 0 Å². The van der Waals surface area contributed by atoms with E-state index < -0.39 is 43.9 Å². The first-order valence-electron chi connectivity index (χ1n) is 8.73. The van der Waals surface area contributed by atoms with E-state index in [9.17, 15) is 26.4 Å². The first-order valence-corrected chi connectivity index (χ1v) is 12.0. The first kappa shape index (κ1) is 22.4. The summed E-state index contributed by atoms with van der Waals surface area (Å²) in [5, 5.41) is 0. The Kier molecular flexibility index (Phi) is 6.56. The van der Waals surface area contributed by atoms with E-state index in [0.717, 1.165) is 6.07 Å². The molecular formula is C16H25N3O7S2. The molecule has 2 rings (SSSR count). The van der Waals surface area contributed by atoms with Crippen LogP contribution in [0.4, 0.5) is 0 Å². The third-order valence-corrected chi connectivity index (χ3v) is 7.80. The number of aromatic nitrogens is 1. The quantitative estimate of drug-likeness (QED) is 0.572. The van der Waals surface area contributed by atoms with E-state index >= 15 is 0 Å². The van der Waals surface area contributed by atoms with Crippen LogP contribution in [0.25, 0.3) is 0 Å². The topological polar surface area (TPSA) is 132 Å². The van der Waals surface area contributed by atoms with Gasteiger partial charge in [-0.2, -0.15) is 0 Å². The maximum absolute atomic E-state index is 12.7. The molecule has 1 aliphatic heterocycles. The third kappa shape index (κ3) is 4.73. The summed E-state index contributed by atoms with van der Waals surface area (Å²) in [6, 6.07) is 0.720. The largest absolute Gasteiger partial charge is 0.448 e. The maximum atomic E-state index is 12.7. The molecule has 0 bridgehead atoms. The van der Waals surface area contributed by atoms with Crippen LogP contribution in [0, 0.1) is 0 Å². The van der Waals surface area contributed by atoms with Crippen LogP contribution in [-0.4, -0.2) is 75.4 Å². The lowest BCUT2D eigenvalue weighted by atomic mass is 10.2. The predicted molar refractivity (Wildman–Crippen MR) is 101 cm³/mol. The molecule has 1 amide bonds. The number of sulfonamides is 1. The van der Waals surface area contributed by atoms with Crippen molar-refractivity contribution in [1.29, 1.82) is 0 Å². The standard InChI is InChI=1S/C16H25N3O7S2/c1-5-19(12-6-7-27(22,23)10-12)15(20)11(2)26-16(21)14-8-13(9-18(14)4)28(24,25)17-3/h8-9,11-12,17H,5-7,10H2,1-4H3. The summed E-state index contributed by atoms with van der Waals surface area (Å²) in [6.07, 6.45) is 0.470. The highest BCUT2D eigenvalue weighted by Gasteiger charge is 2.36. The molecule has 2 atom stereocenters. The van der Waals surface area contributed by atoms with Gasteiger partial charge in [0.1, 0.15) is 10.6 Å². The number of rotatable bonds is 7. The van der Waals surface area contributed by atoms with E-state index in [1.807, 2.05) is 0 Å². The monoisotopic (exact) mass is 435 g/mol. The van der Waals surface area contributed by atoms with Gasteiger partial charge in [-0.3, -0.25) is 4.79 Å². The van der Waals surface area contributed by atoms with E-state index in [1.54, 1.807) is 6.92 Å². The van der Waals surface area contributed by atoms with Gasteiger partial charge in [-0.05, 0) is 33.4 Å². The highest BCUT2D eigenvalue weighted by atomic mass is 32.2. The molecule has 2 unspecified atom stereocenters.